The molecule has 1 saturated heterocycles. The fourth-order valence-electron chi connectivity index (χ4n) is 2.52. The van der Waals surface area contributed by atoms with Crippen molar-refractivity contribution in [1.29, 1.82) is 0 Å². The highest BCUT2D eigenvalue weighted by Crippen LogP contribution is 2.37. The van der Waals surface area contributed by atoms with E-state index in [4.69, 9.17) is 4.74 Å². The van der Waals surface area contributed by atoms with Crippen molar-refractivity contribution in [2.24, 2.45) is 0 Å². The number of carbonyl (C=O) groups excluding carboxylic acids is 1. The maximum absolute atomic E-state index is 12.7. The van der Waals surface area contributed by atoms with Crippen LogP contribution < -0.4 is 5.32 Å². The molecule has 1 N–H and O–H groups in total. The summed E-state index contributed by atoms with van der Waals surface area (Å²) in [6.07, 6.45) is -3.34. The molecule has 1 aliphatic heterocycles. The lowest BCUT2D eigenvalue weighted by Gasteiger charge is -2.38. The lowest BCUT2D eigenvalue weighted by Crippen LogP contribution is -2.44. The van der Waals surface area contributed by atoms with Gasteiger partial charge in [0.2, 0.25) is 0 Å². The summed E-state index contributed by atoms with van der Waals surface area (Å²) in [5.41, 5.74) is -1.01. The van der Waals surface area contributed by atoms with Crippen LogP contribution in [0.4, 0.5) is 13.2 Å². The molecule has 1 aromatic carbocycles. The predicted molar refractivity (Wildman–Crippen MR) is 79.8 cm³/mol. The van der Waals surface area contributed by atoms with Crippen LogP contribution in [0.2, 0.25) is 0 Å². The highest BCUT2D eigenvalue weighted by Gasteiger charge is 2.39. The number of hydrogen-bond donors (Lipinski definition) is 2. The SMILES string of the molecule is CC(S)C(=O)OC1(c2ccc(C(F)(F)F)cc2)CCNCC1. The summed E-state index contributed by atoms with van der Waals surface area (Å²) in [5, 5.41) is 2.57. The van der Waals surface area contributed by atoms with Gasteiger partial charge >= 0.3 is 12.1 Å². The molecule has 0 saturated carbocycles. The second kappa shape index (κ2) is 6.50. The van der Waals surface area contributed by atoms with E-state index < -0.39 is 28.6 Å². The van der Waals surface area contributed by atoms with E-state index in [-0.39, 0.29) is 0 Å². The Bertz CT molecular complexity index is 523. The van der Waals surface area contributed by atoms with Gasteiger partial charge in [-0.05, 0) is 37.7 Å². The largest absolute Gasteiger partial charge is 0.453 e. The monoisotopic (exact) mass is 333 g/mol. The molecule has 3 nitrogen and oxygen atoms in total. The predicted octanol–water partition coefficient (Wildman–Crippen LogP) is 3.15. The van der Waals surface area contributed by atoms with Crippen LogP contribution in [0.1, 0.15) is 30.9 Å². The minimum Gasteiger partial charge on any atom is -0.453 e. The van der Waals surface area contributed by atoms with Crippen LogP contribution in [-0.2, 0) is 21.3 Å². The van der Waals surface area contributed by atoms with Crippen LogP contribution in [0.5, 0.6) is 0 Å². The van der Waals surface area contributed by atoms with E-state index in [1.807, 2.05) is 0 Å². The molecule has 22 heavy (non-hydrogen) atoms. The van der Waals surface area contributed by atoms with Gasteiger partial charge in [-0.1, -0.05) is 12.1 Å². The maximum atomic E-state index is 12.7. The highest BCUT2D eigenvalue weighted by molar-refractivity contribution is 7.81. The first kappa shape index (κ1) is 17.1. The number of benzene rings is 1. The fraction of sp³-hybridized carbons (Fsp3) is 0.533. The lowest BCUT2D eigenvalue weighted by atomic mass is 9.84. The molecule has 1 atom stereocenters. The molecule has 1 heterocycles. The molecule has 122 valence electrons. The molecule has 1 aromatic rings. The maximum Gasteiger partial charge on any atom is 0.416 e. The van der Waals surface area contributed by atoms with Gasteiger partial charge in [-0.25, -0.2) is 0 Å². The smallest absolute Gasteiger partial charge is 0.416 e. The lowest BCUT2D eigenvalue weighted by molar-refractivity contribution is -0.163. The molecule has 1 aliphatic rings. The highest BCUT2D eigenvalue weighted by atomic mass is 32.1. The van der Waals surface area contributed by atoms with Gasteiger partial charge < -0.3 is 10.1 Å². The van der Waals surface area contributed by atoms with Crippen LogP contribution >= 0.6 is 12.6 Å². The summed E-state index contributed by atoms with van der Waals surface area (Å²) in [4.78, 5) is 11.9. The van der Waals surface area contributed by atoms with Crippen molar-refractivity contribution < 1.29 is 22.7 Å². The standard InChI is InChI=1S/C15H18F3NO2S/c1-10(22)13(20)21-14(6-8-19-9-7-14)11-2-4-12(5-3-11)15(16,17)18/h2-5,10,19,22H,6-9H2,1H3. The Labute approximate surface area is 132 Å². The number of piperidine rings is 1. The summed E-state index contributed by atoms with van der Waals surface area (Å²) in [7, 11) is 0. The van der Waals surface area contributed by atoms with E-state index in [0.717, 1.165) is 12.1 Å². The number of halogens is 3. The first-order valence-electron chi connectivity index (χ1n) is 7.04. The molecule has 0 aromatic heterocycles. The van der Waals surface area contributed by atoms with E-state index in [0.29, 0.717) is 31.5 Å². The van der Waals surface area contributed by atoms with Gasteiger partial charge in [0, 0.05) is 12.8 Å². The molecule has 0 aliphatic carbocycles. The normalized spacial score (nSPS) is 19.5. The quantitative estimate of drug-likeness (QED) is 0.659. The van der Waals surface area contributed by atoms with Gasteiger partial charge in [-0.15, -0.1) is 0 Å². The molecular weight excluding hydrogens is 315 g/mol. The Morgan fingerprint density at radius 3 is 2.27 bits per heavy atom. The van der Waals surface area contributed by atoms with Crippen molar-refractivity contribution in [2.75, 3.05) is 13.1 Å². The summed E-state index contributed by atoms with van der Waals surface area (Å²) < 4.78 is 43.6. The Morgan fingerprint density at radius 1 is 1.27 bits per heavy atom. The minimum atomic E-state index is -4.38. The average Bonchev–Trinajstić information content (AvgIpc) is 2.47. The molecule has 0 amide bonds. The second-order valence-electron chi connectivity index (χ2n) is 5.42. The second-order valence-corrected chi connectivity index (χ2v) is 6.19. The first-order valence-corrected chi connectivity index (χ1v) is 7.56. The zero-order valence-corrected chi connectivity index (χ0v) is 13.0. The van der Waals surface area contributed by atoms with Gasteiger partial charge in [0.05, 0.1) is 10.8 Å². The molecule has 1 unspecified atom stereocenters. The molecule has 0 bridgehead atoms. The van der Waals surface area contributed by atoms with E-state index in [1.165, 1.54) is 12.1 Å². The fourth-order valence-corrected chi connectivity index (χ4v) is 2.57. The topological polar surface area (TPSA) is 38.3 Å². The van der Waals surface area contributed by atoms with E-state index in [9.17, 15) is 18.0 Å². The molecular formula is C15H18F3NO2S. The zero-order valence-electron chi connectivity index (χ0n) is 12.1. The van der Waals surface area contributed by atoms with Crippen LogP contribution in [0.15, 0.2) is 24.3 Å². The number of rotatable bonds is 3. The first-order chi connectivity index (χ1) is 10.2. The third-order valence-electron chi connectivity index (χ3n) is 3.79. The third kappa shape index (κ3) is 3.76. The third-order valence-corrected chi connectivity index (χ3v) is 4.00. The van der Waals surface area contributed by atoms with Crippen LogP contribution in [0, 0.1) is 0 Å². The summed E-state index contributed by atoms with van der Waals surface area (Å²) in [6.45, 7) is 2.87. The van der Waals surface area contributed by atoms with Crippen LogP contribution in [0.3, 0.4) is 0 Å². The van der Waals surface area contributed by atoms with E-state index in [1.54, 1.807) is 6.92 Å². The average molecular weight is 333 g/mol. The Hall–Kier alpha value is -1.21. The van der Waals surface area contributed by atoms with E-state index in [2.05, 4.69) is 17.9 Å². The molecule has 0 radical (unpaired) electrons. The Balaban J connectivity index is 2.31. The number of hydrogen-bond acceptors (Lipinski definition) is 4. The van der Waals surface area contributed by atoms with Crippen molar-refractivity contribution in [2.45, 2.75) is 36.8 Å². The Morgan fingerprint density at radius 2 is 1.82 bits per heavy atom. The summed E-state index contributed by atoms with van der Waals surface area (Å²) >= 11 is 4.06. The van der Waals surface area contributed by atoms with E-state index >= 15 is 0 Å². The van der Waals surface area contributed by atoms with Crippen molar-refractivity contribution >= 4 is 18.6 Å². The van der Waals surface area contributed by atoms with Gasteiger partial charge in [0.25, 0.3) is 0 Å². The number of nitrogens with one attached hydrogen (secondary N) is 1. The van der Waals surface area contributed by atoms with Crippen molar-refractivity contribution in [3.05, 3.63) is 35.4 Å². The number of esters is 1. The van der Waals surface area contributed by atoms with Crippen molar-refractivity contribution in [1.82, 2.24) is 5.32 Å². The summed E-state index contributed by atoms with van der Waals surface area (Å²) in [5.74, 6) is -0.467. The molecule has 1 fully saturated rings. The molecule has 0 spiro atoms. The number of ether oxygens (including phenoxy) is 1. The van der Waals surface area contributed by atoms with Crippen LogP contribution in [-0.4, -0.2) is 24.3 Å². The van der Waals surface area contributed by atoms with Gasteiger partial charge in [-0.2, -0.15) is 25.8 Å². The van der Waals surface area contributed by atoms with Gasteiger partial charge in [-0.3, -0.25) is 4.79 Å². The molecule has 7 heteroatoms. The Kier molecular flexibility index (Phi) is 5.07. The van der Waals surface area contributed by atoms with Gasteiger partial charge in [0.1, 0.15) is 5.60 Å². The van der Waals surface area contributed by atoms with Crippen molar-refractivity contribution in [3.8, 4) is 0 Å². The number of thiol groups is 1. The molecule has 2 rings (SSSR count). The van der Waals surface area contributed by atoms with Gasteiger partial charge in [0.15, 0.2) is 0 Å². The number of alkyl halides is 3. The minimum absolute atomic E-state index is 0.467. The van der Waals surface area contributed by atoms with Crippen molar-refractivity contribution in [3.63, 3.8) is 0 Å². The number of carbonyl (C=O) groups is 1. The van der Waals surface area contributed by atoms with Crippen LogP contribution in [0.25, 0.3) is 0 Å². The zero-order chi connectivity index (χ0) is 16.4. The summed E-state index contributed by atoms with van der Waals surface area (Å²) in [6, 6.07) is 4.84.